The van der Waals surface area contributed by atoms with Gasteiger partial charge in [-0.25, -0.2) is 0 Å². The number of carbonyl (C=O) groups is 1. The fraction of sp³-hybridized carbons (Fsp3) is 0.129. The fourth-order valence-corrected chi connectivity index (χ4v) is 5.95. The van der Waals surface area contributed by atoms with Gasteiger partial charge in [-0.3, -0.25) is 9.78 Å². The average molecular weight is 597 g/mol. The van der Waals surface area contributed by atoms with E-state index in [0.717, 1.165) is 38.0 Å². The van der Waals surface area contributed by atoms with Crippen LogP contribution >= 0.6 is 28.1 Å². The molecule has 0 saturated carbocycles. The first-order chi connectivity index (χ1) is 19.1. The number of nitrogens with zero attached hydrogens (tertiary/aromatic N) is 3. The van der Waals surface area contributed by atoms with Gasteiger partial charge < -0.3 is 20.1 Å². The first kappa shape index (κ1) is 25.3. The molecule has 0 radical (unpaired) electrons. The summed E-state index contributed by atoms with van der Waals surface area (Å²) in [6.07, 6.45) is 4.14. The summed E-state index contributed by atoms with van der Waals surface area (Å²) >= 11 is 9.43. The minimum absolute atomic E-state index is 0.0587. The maximum absolute atomic E-state index is 13.2. The smallest absolute Gasteiger partial charge is 0.226 e. The predicted molar refractivity (Wildman–Crippen MR) is 163 cm³/mol. The summed E-state index contributed by atoms with van der Waals surface area (Å²) in [5.74, 6) is -0.0587. The van der Waals surface area contributed by atoms with Crippen LogP contribution < -0.4 is 10.6 Å². The number of halogens is 1. The van der Waals surface area contributed by atoms with E-state index < -0.39 is 0 Å². The van der Waals surface area contributed by atoms with Crippen molar-refractivity contribution < 1.29 is 4.79 Å². The van der Waals surface area contributed by atoms with Crippen LogP contribution in [0.2, 0.25) is 0 Å². The molecule has 1 fully saturated rings. The molecule has 1 saturated heterocycles. The Bertz CT molecular complexity index is 1650. The van der Waals surface area contributed by atoms with E-state index in [4.69, 9.17) is 12.2 Å². The third kappa shape index (κ3) is 5.17. The third-order valence-corrected chi connectivity index (χ3v) is 7.86. The number of rotatable bonds is 7. The van der Waals surface area contributed by atoms with Crippen LogP contribution in [0.1, 0.15) is 29.9 Å². The van der Waals surface area contributed by atoms with Gasteiger partial charge in [-0.15, -0.1) is 0 Å². The minimum Gasteiger partial charge on any atom is -0.352 e. The molecule has 194 valence electrons. The number of amides is 1. The van der Waals surface area contributed by atoms with E-state index in [1.165, 1.54) is 0 Å². The lowest BCUT2D eigenvalue weighted by Crippen LogP contribution is -2.33. The summed E-state index contributed by atoms with van der Waals surface area (Å²) < 4.78 is 3.17. The Morgan fingerprint density at radius 2 is 1.79 bits per heavy atom. The molecule has 0 bridgehead atoms. The molecule has 5 aromatic rings. The van der Waals surface area contributed by atoms with Crippen molar-refractivity contribution in [2.45, 2.75) is 18.5 Å². The Balaban J connectivity index is 1.29. The summed E-state index contributed by atoms with van der Waals surface area (Å²) in [7, 11) is 0. The summed E-state index contributed by atoms with van der Waals surface area (Å²) in [4.78, 5) is 19.9. The molecule has 0 spiro atoms. The molecule has 8 heteroatoms. The first-order valence-electron chi connectivity index (χ1n) is 12.8. The van der Waals surface area contributed by atoms with Gasteiger partial charge in [0, 0.05) is 52.3 Å². The molecule has 39 heavy (non-hydrogen) atoms. The molecule has 2 atom stereocenters. The molecule has 2 N–H and O–H groups in total. The molecule has 2 aromatic heterocycles. The first-order valence-corrected chi connectivity index (χ1v) is 14.0. The maximum atomic E-state index is 13.2. The second kappa shape index (κ2) is 11.0. The summed E-state index contributed by atoms with van der Waals surface area (Å²) in [6, 6.07) is 31.9. The zero-order valence-electron chi connectivity index (χ0n) is 21.0. The lowest BCUT2D eigenvalue weighted by Gasteiger charge is -2.29. The number of anilines is 1. The molecule has 0 unspecified atom stereocenters. The van der Waals surface area contributed by atoms with Gasteiger partial charge in [0.1, 0.15) is 0 Å². The second-order valence-electron chi connectivity index (χ2n) is 9.43. The zero-order chi connectivity index (χ0) is 26.8. The van der Waals surface area contributed by atoms with Crippen LogP contribution in [0, 0.1) is 0 Å². The molecule has 3 aromatic carbocycles. The normalized spacial score (nSPS) is 16.8. The maximum Gasteiger partial charge on any atom is 0.226 e. The lowest BCUT2D eigenvalue weighted by atomic mass is 10.0. The van der Waals surface area contributed by atoms with Crippen molar-refractivity contribution in [1.29, 1.82) is 0 Å². The SMILES string of the molecule is O=C(CCN1C(=S)N[C@H](c2ccccn2)[C@@H]1c1cccn1-c1cccc(Br)c1)Nc1cccc2ccccc12. The van der Waals surface area contributed by atoms with Crippen molar-refractivity contribution in [3.63, 3.8) is 0 Å². The Labute approximate surface area is 240 Å². The van der Waals surface area contributed by atoms with Crippen LogP contribution in [0.15, 0.2) is 114 Å². The highest BCUT2D eigenvalue weighted by molar-refractivity contribution is 9.10. The molecule has 3 heterocycles. The van der Waals surface area contributed by atoms with E-state index in [1.807, 2.05) is 78.9 Å². The Morgan fingerprint density at radius 3 is 2.64 bits per heavy atom. The van der Waals surface area contributed by atoms with Gasteiger partial charge in [0.2, 0.25) is 5.91 Å². The van der Waals surface area contributed by atoms with Crippen molar-refractivity contribution in [3.8, 4) is 5.69 Å². The topological polar surface area (TPSA) is 62.2 Å². The minimum atomic E-state index is -0.166. The Morgan fingerprint density at radius 1 is 0.974 bits per heavy atom. The van der Waals surface area contributed by atoms with Crippen LogP contribution in [-0.4, -0.2) is 32.0 Å². The number of nitrogens with one attached hydrogen (secondary N) is 2. The Kier molecular flexibility index (Phi) is 7.13. The molecule has 6 rings (SSSR count). The van der Waals surface area contributed by atoms with Crippen molar-refractivity contribution >= 4 is 55.6 Å². The highest BCUT2D eigenvalue weighted by atomic mass is 79.9. The van der Waals surface area contributed by atoms with Gasteiger partial charge in [0.25, 0.3) is 0 Å². The van der Waals surface area contributed by atoms with E-state index in [1.54, 1.807) is 6.20 Å². The van der Waals surface area contributed by atoms with E-state index in [9.17, 15) is 4.79 Å². The number of fused-ring (bicyclic) bond motifs is 1. The molecular weight excluding hydrogens is 570 g/mol. The largest absolute Gasteiger partial charge is 0.352 e. The number of aromatic nitrogens is 2. The highest BCUT2D eigenvalue weighted by Gasteiger charge is 2.41. The van der Waals surface area contributed by atoms with Gasteiger partial charge in [-0.1, -0.05) is 64.5 Å². The number of carbonyl (C=O) groups excluding carboxylic acids is 1. The number of pyridine rings is 1. The fourth-order valence-electron chi connectivity index (χ4n) is 5.23. The number of benzene rings is 3. The second-order valence-corrected chi connectivity index (χ2v) is 10.7. The number of hydrogen-bond donors (Lipinski definition) is 2. The molecule has 1 aliphatic rings. The van der Waals surface area contributed by atoms with Crippen molar-refractivity contribution in [3.05, 3.63) is 125 Å². The average Bonchev–Trinajstić information content (AvgIpc) is 3.57. The molecule has 1 aliphatic heterocycles. The molecule has 1 amide bonds. The summed E-state index contributed by atoms with van der Waals surface area (Å²) in [5, 5.41) is 9.31. The highest BCUT2D eigenvalue weighted by Crippen LogP contribution is 2.39. The van der Waals surface area contributed by atoms with E-state index >= 15 is 0 Å². The van der Waals surface area contributed by atoms with Crippen molar-refractivity contribution in [2.75, 3.05) is 11.9 Å². The van der Waals surface area contributed by atoms with Crippen LogP contribution in [0.4, 0.5) is 5.69 Å². The molecular formula is C31H26BrN5OS. The lowest BCUT2D eigenvalue weighted by molar-refractivity contribution is -0.116. The van der Waals surface area contributed by atoms with Crippen LogP contribution in [0.5, 0.6) is 0 Å². The summed E-state index contributed by atoms with van der Waals surface area (Å²) in [5.41, 5.74) is 3.81. The van der Waals surface area contributed by atoms with Crippen molar-refractivity contribution in [1.82, 2.24) is 19.8 Å². The predicted octanol–water partition coefficient (Wildman–Crippen LogP) is 6.79. The summed E-state index contributed by atoms with van der Waals surface area (Å²) in [6.45, 7) is 0.458. The van der Waals surface area contributed by atoms with Gasteiger partial charge in [-0.2, -0.15) is 0 Å². The Hall–Kier alpha value is -4.01. The van der Waals surface area contributed by atoms with Crippen LogP contribution in [0.3, 0.4) is 0 Å². The number of thiocarbonyl (C=S) groups is 1. The molecule has 6 nitrogen and oxygen atoms in total. The van der Waals surface area contributed by atoms with Crippen molar-refractivity contribution in [2.24, 2.45) is 0 Å². The standard InChI is InChI=1S/C31H26BrN5OS/c32-22-10-6-11-23(20-22)36-18-7-15-27(36)30-29(26-13-3-4-17-33-26)35-31(39)37(30)19-16-28(38)34-25-14-5-9-21-8-1-2-12-24(21)25/h1-15,17-18,20,29-30H,16,19H2,(H,34,38)(H,35,39)/t29-,30+/m1/s1. The van der Waals surface area contributed by atoms with Gasteiger partial charge in [0.05, 0.1) is 17.8 Å². The van der Waals surface area contributed by atoms with Gasteiger partial charge in [0.15, 0.2) is 5.11 Å². The van der Waals surface area contributed by atoms with Crippen LogP contribution in [-0.2, 0) is 4.79 Å². The quantitative estimate of drug-likeness (QED) is 0.203. The monoisotopic (exact) mass is 595 g/mol. The van der Waals surface area contributed by atoms with E-state index in [2.05, 4.69) is 65.4 Å². The molecule has 0 aliphatic carbocycles. The number of hydrogen-bond acceptors (Lipinski definition) is 3. The van der Waals surface area contributed by atoms with Gasteiger partial charge >= 0.3 is 0 Å². The van der Waals surface area contributed by atoms with E-state index in [-0.39, 0.29) is 24.4 Å². The third-order valence-electron chi connectivity index (χ3n) is 7.01. The van der Waals surface area contributed by atoms with E-state index in [0.29, 0.717) is 11.7 Å². The van der Waals surface area contributed by atoms with Crippen LogP contribution in [0.25, 0.3) is 16.5 Å². The zero-order valence-corrected chi connectivity index (χ0v) is 23.4. The van der Waals surface area contributed by atoms with Gasteiger partial charge in [-0.05, 0) is 66.1 Å².